The third-order valence-electron chi connectivity index (χ3n) is 0.880. The molecule has 0 rings (SSSR count). The van der Waals surface area contributed by atoms with Crippen molar-refractivity contribution in [1.82, 2.24) is 0 Å². The molecule has 0 amide bonds. The van der Waals surface area contributed by atoms with Gasteiger partial charge in [-0.2, -0.15) is 0 Å². The fraction of sp³-hybridized carbons (Fsp3) is 1.00. The zero-order chi connectivity index (χ0) is 6.62. The van der Waals surface area contributed by atoms with Crippen LogP contribution in [0.1, 0.15) is 6.92 Å². The highest BCUT2D eigenvalue weighted by atomic mass is 31.2. The lowest BCUT2D eigenvalue weighted by atomic mass is 10.9. The Morgan fingerprint density at radius 2 is 1.88 bits per heavy atom. The molecule has 0 atom stereocenters. The van der Waals surface area contributed by atoms with E-state index in [0.29, 0.717) is 0 Å². The molecule has 0 spiro atoms. The molecule has 0 fully saturated rings. The van der Waals surface area contributed by atoms with Gasteiger partial charge in [0, 0.05) is 0 Å². The smallest absolute Gasteiger partial charge is 0.210 e. The molecule has 0 bridgehead atoms. The van der Waals surface area contributed by atoms with E-state index < -0.39 is 7.72 Å². The summed E-state index contributed by atoms with van der Waals surface area (Å²) in [5.41, 5.74) is 0. The Balaban J connectivity index is 3.37. The molecule has 2 nitrogen and oxygen atoms in total. The lowest BCUT2D eigenvalue weighted by Gasteiger charge is -2.10. The third-order valence-corrected chi connectivity index (χ3v) is 2.64. The largest absolute Gasteiger partial charge is 0.268 e. The lowest BCUT2D eigenvalue weighted by molar-refractivity contribution is 0.286. The van der Waals surface area contributed by atoms with Crippen molar-refractivity contribution in [2.45, 2.75) is 6.92 Å². The monoisotopic (exact) mass is 137 g/mol. The zero-order valence-electron chi connectivity index (χ0n) is 5.97. The molecule has 8 heavy (non-hydrogen) atoms. The van der Waals surface area contributed by atoms with Crippen molar-refractivity contribution in [3.05, 3.63) is 0 Å². The van der Waals surface area contributed by atoms with Crippen molar-refractivity contribution in [3.63, 3.8) is 0 Å². The van der Waals surface area contributed by atoms with E-state index in [-0.39, 0.29) is 0 Å². The second kappa shape index (κ2) is 3.39. The van der Waals surface area contributed by atoms with Crippen molar-refractivity contribution in [2.75, 3.05) is 27.0 Å². The van der Waals surface area contributed by atoms with Gasteiger partial charge in [0.15, 0.2) is 0 Å². The predicted octanol–water partition coefficient (Wildman–Crippen LogP) is 1.78. The van der Waals surface area contributed by atoms with E-state index in [0.717, 1.165) is 6.61 Å². The molecule has 0 aromatic carbocycles. The van der Waals surface area contributed by atoms with E-state index in [4.69, 9.17) is 9.05 Å². The standard InChI is InChI=1S/C5H14O2P/c1-5-7-8(3,4)6-2/h5H2,1-4H3/q+1. The summed E-state index contributed by atoms with van der Waals surface area (Å²) in [7, 11) is 0.261. The molecular weight excluding hydrogens is 123 g/mol. The van der Waals surface area contributed by atoms with Crippen molar-refractivity contribution >= 4 is 7.72 Å². The van der Waals surface area contributed by atoms with Crippen LogP contribution in [-0.2, 0) is 9.05 Å². The van der Waals surface area contributed by atoms with Crippen LogP contribution in [0.4, 0.5) is 0 Å². The molecule has 0 aliphatic carbocycles. The summed E-state index contributed by atoms with van der Waals surface area (Å²) >= 11 is 0. The normalized spacial score (nSPS) is 12.0. The molecule has 0 radical (unpaired) electrons. The maximum atomic E-state index is 5.27. The molecular formula is C5H14O2P+. The minimum Gasteiger partial charge on any atom is -0.210 e. The van der Waals surface area contributed by atoms with Crippen LogP contribution < -0.4 is 0 Å². The van der Waals surface area contributed by atoms with Gasteiger partial charge in [0.25, 0.3) is 7.72 Å². The highest BCUT2D eigenvalue weighted by Gasteiger charge is 2.24. The Hall–Kier alpha value is 0.350. The van der Waals surface area contributed by atoms with Crippen LogP contribution in [0, 0.1) is 0 Å². The van der Waals surface area contributed by atoms with Gasteiger partial charge in [-0.3, -0.25) is 0 Å². The Morgan fingerprint density at radius 3 is 2.00 bits per heavy atom. The van der Waals surface area contributed by atoms with Gasteiger partial charge in [-0.1, -0.05) is 0 Å². The first kappa shape index (κ1) is 8.35. The molecule has 0 heterocycles. The Bertz CT molecular complexity index is 63.4. The molecule has 0 saturated heterocycles. The molecule has 0 aromatic rings. The van der Waals surface area contributed by atoms with E-state index in [2.05, 4.69) is 0 Å². The van der Waals surface area contributed by atoms with Crippen LogP contribution in [0.2, 0.25) is 0 Å². The van der Waals surface area contributed by atoms with Crippen LogP contribution >= 0.6 is 7.72 Å². The van der Waals surface area contributed by atoms with Gasteiger partial charge in [-0.05, 0) is 6.92 Å². The van der Waals surface area contributed by atoms with Crippen molar-refractivity contribution in [1.29, 1.82) is 0 Å². The van der Waals surface area contributed by atoms with Gasteiger partial charge in [0.05, 0.1) is 13.7 Å². The average Bonchev–Trinajstić information content (AvgIpc) is 1.67. The van der Waals surface area contributed by atoms with Gasteiger partial charge in [-0.15, -0.1) is 0 Å². The topological polar surface area (TPSA) is 18.5 Å². The summed E-state index contributed by atoms with van der Waals surface area (Å²) in [4.78, 5) is 0. The van der Waals surface area contributed by atoms with Crippen LogP contribution in [-0.4, -0.2) is 27.0 Å². The van der Waals surface area contributed by atoms with Gasteiger partial charge in [-0.25, -0.2) is 9.05 Å². The van der Waals surface area contributed by atoms with Crippen LogP contribution in [0.5, 0.6) is 0 Å². The Labute approximate surface area is 51.7 Å². The summed E-state index contributed by atoms with van der Waals surface area (Å²) in [5, 5.41) is 0. The van der Waals surface area contributed by atoms with Crippen molar-refractivity contribution in [3.8, 4) is 0 Å². The van der Waals surface area contributed by atoms with Crippen molar-refractivity contribution in [2.24, 2.45) is 0 Å². The fourth-order valence-electron chi connectivity index (χ4n) is 0.364. The summed E-state index contributed by atoms with van der Waals surface area (Å²) in [6.45, 7) is 6.71. The van der Waals surface area contributed by atoms with E-state index >= 15 is 0 Å². The first-order valence-corrected chi connectivity index (χ1v) is 5.18. The molecule has 0 aliphatic rings. The summed E-state index contributed by atoms with van der Waals surface area (Å²) in [5.74, 6) is 0. The maximum Gasteiger partial charge on any atom is 0.268 e. The highest BCUT2D eigenvalue weighted by Crippen LogP contribution is 2.52. The van der Waals surface area contributed by atoms with Crippen molar-refractivity contribution < 1.29 is 9.05 Å². The van der Waals surface area contributed by atoms with E-state index in [9.17, 15) is 0 Å². The minimum absolute atomic E-state index is 0.745. The van der Waals surface area contributed by atoms with Gasteiger partial charge >= 0.3 is 0 Å². The third kappa shape index (κ3) is 3.36. The van der Waals surface area contributed by atoms with E-state index in [1.54, 1.807) is 7.11 Å². The van der Waals surface area contributed by atoms with Crippen LogP contribution in [0.3, 0.4) is 0 Å². The number of rotatable bonds is 3. The summed E-state index contributed by atoms with van der Waals surface area (Å²) < 4.78 is 10.3. The molecule has 0 saturated carbocycles. The fourth-order valence-corrected chi connectivity index (χ4v) is 1.09. The van der Waals surface area contributed by atoms with Gasteiger partial charge < -0.3 is 0 Å². The molecule has 3 heteroatoms. The van der Waals surface area contributed by atoms with E-state index in [1.807, 2.05) is 20.3 Å². The molecule has 0 unspecified atom stereocenters. The zero-order valence-corrected chi connectivity index (χ0v) is 6.87. The minimum atomic E-state index is -1.42. The number of hydrogen-bond donors (Lipinski definition) is 0. The van der Waals surface area contributed by atoms with Gasteiger partial charge in [0.1, 0.15) is 13.3 Å². The highest BCUT2D eigenvalue weighted by molar-refractivity contribution is 7.64. The first-order valence-electron chi connectivity index (χ1n) is 2.66. The second-order valence-electron chi connectivity index (χ2n) is 1.85. The summed E-state index contributed by atoms with van der Waals surface area (Å²) in [6.07, 6.45) is 0. The molecule has 0 aliphatic heterocycles. The number of hydrogen-bond acceptors (Lipinski definition) is 2. The second-order valence-corrected chi connectivity index (χ2v) is 4.98. The lowest BCUT2D eigenvalue weighted by Crippen LogP contribution is -1.95. The van der Waals surface area contributed by atoms with Gasteiger partial charge in [0.2, 0.25) is 0 Å². The molecule has 50 valence electrons. The SMILES string of the molecule is CCO[P+](C)(C)OC. The van der Waals surface area contributed by atoms with E-state index in [1.165, 1.54) is 0 Å². The molecule has 0 aromatic heterocycles. The average molecular weight is 137 g/mol. The Kier molecular flexibility index (Phi) is 3.54. The first-order chi connectivity index (χ1) is 3.62. The Morgan fingerprint density at radius 1 is 1.38 bits per heavy atom. The molecule has 0 N–H and O–H groups in total. The summed E-state index contributed by atoms with van der Waals surface area (Å²) in [6, 6.07) is 0. The van der Waals surface area contributed by atoms with Crippen LogP contribution in [0.25, 0.3) is 0 Å². The predicted molar refractivity (Wildman–Crippen MR) is 37.4 cm³/mol. The quantitative estimate of drug-likeness (QED) is 0.552. The van der Waals surface area contributed by atoms with Crippen LogP contribution in [0.15, 0.2) is 0 Å². The maximum absolute atomic E-state index is 5.27.